The van der Waals surface area contributed by atoms with Crippen molar-refractivity contribution in [1.29, 1.82) is 0 Å². The average Bonchev–Trinajstić information content (AvgIpc) is 1.99. The zero-order valence-corrected chi connectivity index (χ0v) is 6.96. The van der Waals surface area contributed by atoms with Gasteiger partial charge < -0.3 is 9.84 Å². The predicted octanol–water partition coefficient (Wildman–Crippen LogP) is 1.44. The quantitative estimate of drug-likeness (QED) is 0.616. The Morgan fingerprint density at radius 1 is 1.73 bits per heavy atom. The van der Waals surface area contributed by atoms with E-state index >= 15 is 0 Å². The maximum absolute atomic E-state index is 10.2. The molecular formula is C8H14O3. The van der Waals surface area contributed by atoms with E-state index in [0.717, 1.165) is 12.0 Å². The van der Waals surface area contributed by atoms with Crippen LogP contribution >= 0.6 is 0 Å². The minimum absolute atomic E-state index is 0.337. The molecule has 1 unspecified atom stereocenters. The van der Waals surface area contributed by atoms with Crippen LogP contribution in [0.5, 0.6) is 0 Å². The Balaban J connectivity index is 3.54. The molecule has 3 heteroatoms. The molecule has 0 aliphatic rings. The smallest absolute Gasteiger partial charge is 0.332 e. The summed E-state index contributed by atoms with van der Waals surface area (Å²) in [5.74, 6) is -0.936. The number of carboxylic acid groups (broad SMARTS) is 1. The van der Waals surface area contributed by atoms with E-state index in [0.29, 0.717) is 6.61 Å². The molecule has 0 aromatic carbocycles. The fraction of sp³-hybridized carbons (Fsp3) is 0.625. The Labute approximate surface area is 66.7 Å². The Morgan fingerprint density at radius 3 is 2.64 bits per heavy atom. The number of rotatable bonds is 5. The highest BCUT2D eigenvalue weighted by Gasteiger charge is 2.10. The first-order valence-corrected chi connectivity index (χ1v) is 3.59. The summed E-state index contributed by atoms with van der Waals surface area (Å²) in [6, 6.07) is 0. The lowest BCUT2D eigenvalue weighted by Crippen LogP contribution is -2.20. The summed E-state index contributed by atoms with van der Waals surface area (Å²) in [6.45, 7) is 7.48. The first kappa shape index (κ1) is 10.2. The van der Waals surface area contributed by atoms with Gasteiger partial charge >= 0.3 is 5.97 Å². The first-order chi connectivity index (χ1) is 5.07. The molecule has 0 aromatic rings. The summed E-state index contributed by atoms with van der Waals surface area (Å²) in [5, 5.41) is 8.41. The van der Waals surface area contributed by atoms with Crippen LogP contribution in [-0.2, 0) is 9.53 Å². The largest absolute Gasteiger partial charge is 0.479 e. The average molecular weight is 158 g/mol. The predicted molar refractivity (Wildman–Crippen MR) is 42.5 cm³/mol. The molecule has 11 heavy (non-hydrogen) atoms. The van der Waals surface area contributed by atoms with Crippen molar-refractivity contribution in [3.8, 4) is 0 Å². The van der Waals surface area contributed by atoms with Crippen LogP contribution < -0.4 is 0 Å². The van der Waals surface area contributed by atoms with Gasteiger partial charge in [-0.15, -0.1) is 0 Å². The molecule has 1 atom stereocenters. The highest BCUT2D eigenvalue weighted by molar-refractivity contribution is 5.71. The van der Waals surface area contributed by atoms with Gasteiger partial charge in [-0.05, 0) is 13.3 Å². The van der Waals surface area contributed by atoms with Crippen LogP contribution in [0.2, 0.25) is 0 Å². The summed E-state index contributed by atoms with van der Waals surface area (Å²) >= 11 is 0. The highest BCUT2D eigenvalue weighted by atomic mass is 16.5. The van der Waals surface area contributed by atoms with Crippen LogP contribution in [0.1, 0.15) is 20.3 Å². The number of aliphatic carboxylic acids is 1. The molecule has 1 N–H and O–H groups in total. The molecular weight excluding hydrogens is 144 g/mol. The summed E-state index contributed by atoms with van der Waals surface area (Å²) in [4.78, 5) is 10.2. The van der Waals surface area contributed by atoms with Crippen LogP contribution in [0, 0.1) is 0 Å². The molecule has 0 amide bonds. The molecule has 0 rings (SSSR count). The number of carbonyl (C=O) groups is 1. The summed E-state index contributed by atoms with van der Waals surface area (Å²) in [6.07, 6.45) is 0.0880. The fourth-order valence-corrected chi connectivity index (χ4v) is 0.416. The van der Waals surface area contributed by atoms with E-state index in [9.17, 15) is 4.79 Å². The minimum Gasteiger partial charge on any atom is -0.479 e. The van der Waals surface area contributed by atoms with Gasteiger partial charge in [-0.2, -0.15) is 0 Å². The lowest BCUT2D eigenvalue weighted by molar-refractivity contribution is -0.148. The van der Waals surface area contributed by atoms with Crippen molar-refractivity contribution in [3.05, 3.63) is 12.2 Å². The van der Waals surface area contributed by atoms with Gasteiger partial charge in [0.25, 0.3) is 0 Å². The Morgan fingerprint density at radius 2 is 2.27 bits per heavy atom. The molecule has 0 radical (unpaired) electrons. The zero-order chi connectivity index (χ0) is 8.85. The van der Waals surface area contributed by atoms with Crippen molar-refractivity contribution in [2.24, 2.45) is 0 Å². The van der Waals surface area contributed by atoms with E-state index in [2.05, 4.69) is 6.58 Å². The second-order valence-corrected chi connectivity index (χ2v) is 2.40. The molecule has 0 aliphatic heterocycles. The molecule has 0 aliphatic carbocycles. The summed E-state index contributed by atoms with van der Waals surface area (Å²) in [7, 11) is 0. The second-order valence-electron chi connectivity index (χ2n) is 2.40. The lowest BCUT2D eigenvalue weighted by atomic mass is 10.2. The third-order valence-corrected chi connectivity index (χ3v) is 1.39. The summed E-state index contributed by atoms with van der Waals surface area (Å²) < 4.78 is 4.96. The van der Waals surface area contributed by atoms with Crippen molar-refractivity contribution in [2.75, 3.05) is 6.61 Å². The third-order valence-electron chi connectivity index (χ3n) is 1.39. The number of ether oxygens (including phenoxy) is 1. The van der Waals surface area contributed by atoms with Crippen molar-refractivity contribution < 1.29 is 14.6 Å². The van der Waals surface area contributed by atoms with E-state index < -0.39 is 12.1 Å². The van der Waals surface area contributed by atoms with E-state index in [1.165, 1.54) is 6.92 Å². The Bertz CT molecular complexity index is 151. The fourth-order valence-electron chi connectivity index (χ4n) is 0.416. The van der Waals surface area contributed by atoms with Gasteiger partial charge in [-0.25, -0.2) is 4.79 Å². The van der Waals surface area contributed by atoms with Crippen LogP contribution in [0.3, 0.4) is 0 Å². The van der Waals surface area contributed by atoms with E-state index in [-0.39, 0.29) is 0 Å². The molecule has 0 bridgehead atoms. The van der Waals surface area contributed by atoms with Gasteiger partial charge in [-0.1, -0.05) is 19.1 Å². The molecule has 0 fully saturated rings. The lowest BCUT2D eigenvalue weighted by Gasteiger charge is -2.08. The number of carboxylic acids is 1. The molecule has 0 aromatic heterocycles. The SMILES string of the molecule is C=C(CC)COC(C)C(=O)O. The van der Waals surface area contributed by atoms with E-state index in [4.69, 9.17) is 9.84 Å². The number of hydrogen-bond donors (Lipinski definition) is 1. The third kappa shape index (κ3) is 4.56. The summed E-state index contributed by atoms with van der Waals surface area (Å²) in [5.41, 5.74) is 0.915. The van der Waals surface area contributed by atoms with Crippen molar-refractivity contribution in [1.82, 2.24) is 0 Å². The molecule has 64 valence electrons. The Kier molecular flexibility index (Phi) is 4.54. The first-order valence-electron chi connectivity index (χ1n) is 3.59. The normalized spacial score (nSPS) is 12.5. The van der Waals surface area contributed by atoms with Crippen LogP contribution in [-0.4, -0.2) is 23.8 Å². The monoisotopic (exact) mass is 158 g/mol. The van der Waals surface area contributed by atoms with Crippen LogP contribution in [0.25, 0.3) is 0 Å². The van der Waals surface area contributed by atoms with Gasteiger partial charge in [0.05, 0.1) is 6.61 Å². The molecule has 3 nitrogen and oxygen atoms in total. The minimum atomic E-state index is -0.936. The molecule has 0 heterocycles. The highest BCUT2D eigenvalue weighted by Crippen LogP contribution is 1.99. The maximum Gasteiger partial charge on any atom is 0.332 e. The van der Waals surface area contributed by atoms with E-state index in [1.54, 1.807) is 0 Å². The maximum atomic E-state index is 10.2. The van der Waals surface area contributed by atoms with E-state index in [1.807, 2.05) is 6.92 Å². The van der Waals surface area contributed by atoms with Gasteiger partial charge in [0.15, 0.2) is 6.10 Å². The van der Waals surface area contributed by atoms with Gasteiger partial charge in [0.1, 0.15) is 0 Å². The van der Waals surface area contributed by atoms with Gasteiger partial charge in [0.2, 0.25) is 0 Å². The zero-order valence-electron chi connectivity index (χ0n) is 6.96. The van der Waals surface area contributed by atoms with Crippen molar-refractivity contribution in [2.45, 2.75) is 26.4 Å². The van der Waals surface area contributed by atoms with Gasteiger partial charge in [-0.3, -0.25) is 0 Å². The standard InChI is InChI=1S/C8H14O3/c1-4-6(2)5-11-7(3)8(9)10/h7H,2,4-5H2,1,3H3,(H,9,10). The molecule has 0 saturated carbocycles. The molecule has 0 spiro atoms. The topological polar surface area (TPSA) is 46.5 Å². The second kappa shape index (κ2) is 4.91. The van der Waals surface area contributed by atoms with Crippen molar-refractivity contribution >= 4 is 5.97 Å². The molecule has 0 saturated heterocycles. The van der Waals surface area contributed by atoms with Gasteiger partial charge in [0, 0.05) is 0 Å². The van der Waals surface area contributed by atoms with Crippen LogP contribution in [0.15, 0.2) is 12.2 Å². The van der Waals surface area contributed by atoms with Crippen molar-refractivity contribution in [3.63, 3.8) is 0 Å². The van der Waals surface area contributed by atoms with Crippen LogP contribution in [0.4, 0.5) is 0 Å². The number of hydrogen-bond acceptors (Lipinski definition) is 2. The Hall–Kier alpha value is -0.830.